The second-order valence-corrected chi connectivity index (χ2v) is 7.37. The van der Waals surface area contributed by atoms with Crippen molar-refractivity contribution < 1.29 is 18.0 Å². The Kier molecular flexibility index (Phi) is 5.48. The lowest BCUT2D eigenvalue weighted by Crippen LogP contribution is -2.30. The fraction of sp³-hybridized carbons (Fsp3) is 0.118. The molecule has 3 aromatic rings. The molecule has 0 fully saturated rings. The molecule has 1 atom stereocenters. The molecule has 0 saturated carbocycles. The number of benzene rings is 2. The molecular formula is C17H17N5O4S. The average molecular weight is 387 g/mol. The number of nitrogens with zero attached hydrogens (tertiary/aromatic N) is 3. The number of oxime groups is 1. The molecule has 0 bridgehead atoms. The fourth-order valence-electron chi connectivity index (χ4n) is 2.52. The molecule has 0 spiro atoms. The van der Waals surface area contributed by atoms with E-state index in [-0.39, 0.29) is 23.0 Å². The van der Waals surface area contributed by atoms with E-state index in [4.69, 9.17) is 15.4 Å². The summed E-state index contributed by atoms with van der Waals surface area (Å²) in [5.74, 6) is 0.0831. The monoisotopic (exact) mass is 387 g/mol. The van der Waals surface area contributed by atoms with E-state index in [1.165, 1.54) is 12.1 Å². The fourth-order valence-corrected chi connectivity index (χ4v) is 3.73. The summed E-state index contributed by atoms with van der Waals surface area (Å²) >= 11 is 0. The molecule has 3 rings (SSSR count). The van der Waals surface area contributed by atoms with Gasteiger partial charge < -0.3 is 15.4 Å². The zero-order valence-electron chi connectivity index (χ0n) is 14.1. The number of hydrogen-bond donors (Lipinski definition) is 3. The van der Waals surface area contributed by atoms with Gasteiger partial charge in [0, 0.05) is 5.56 Å². The quantitative estimate of drug-likeness (QED) is 0.241. The number of sulfonamides is 1. The Labute approximate surface area is 155 Å². The number of aromatic nitrogens is 2. The third-order valence-electron chi connectivity index (χ3n) is 3.80. The van der Waals surface area contributed by atoms with Gasteiger partial charge in [0.1, 0.15) is 6.04 Å². The maximum Gasteiger partial charge on any atom is 0.241 e. The minimum Gasteiger partial charge on any atom is -0.426 e. The highest BCUT2D eigenvalue weighted by Gasteiger charge is 2.25. The van der Waals surface area contributed by atoms with Gasteiger partial charge in [-0.05, 0) is 30.2 Å². The molecule has 27 heavy (non-hydrogen) atoms. The van der Waals surface area contributed by atoms with Crippen LogP contribution in [0, 0.1) is 0 Å². The molecule has 4 N–H and O–H groups in total. The minimum atomic E-state index is -3.80. The second kappa shape index (κ2) is 7.98. The van der Waals surface area contributed by atoms with Gasteiger partial charge in [0.15, 0.2) is 5.84 Å². The first-order chi connectivity index (χ1) is 13.0. The van der Waals surface area contributed by atoms with Gasteiger partial charge in [0.05, 0.1) is 4.90 Å². The van der Waals surface area contributed by atoms with Gasteiger partial charge in [-0.1, -0.05) is 41.6 Å². The summed E-state index contributed by atoms with van der Waals surface area (Å²) in [7, 11) is -3.80. The van der Waals surface area contributed by atoms with E-state index in [1.807, 2.05) is 0 Å². The predicted octanol–water partition coefficient (Wildman–Crippen LogP) is 1.43. The lowest BCUT2D eigenvalue weighted by molar-refractivity contribution is 0.318. The first-order valence-electron chi connectivity index (χ1n) is 7.90. The normalized spacial score (nSPS) is 13.4. The average Bonchev–Trinajstić information content (AvgIpc) is 3.22. The van der Waals surface area contributed by atoms with E-state index in [0.717, 1.165) is 12.0 Å². The molecule has 9 nitrogen and oxygen atoms in total. The van der Waals surface area contributed by atoms with Crippen LogP contribution in [0.2, 0.25) is 0 Å². The van der Waals surface area contributed by atoms with E-state index < -0.39 is 16.1 Å². The van der Waals surface area contributed by atoms with Crippen LogP contribution in [0.3, 0.4) is 0 Å². The van der Waals surface area contributed by atoms with Crippen molar-refractivity contribution in [3.8, 4) is 0 Å². The SMILES string of the molecule is NC(=NO)c1cccc(C[C@H](NS(=O)(=O)c2ccccc2)c2nnco2)c1. The molecule has 0 aliphatic heterocycles. The summed E-state index contributed by atoms with van der Waals surface area (Å²) in [6.07, 6.45) is 1.35. The van der Waals surface area contributed by atoms with Crippen LogP contribution in [-0.2, 0) is 16.4 Å². The molecule has 0 aliphatic carbocycles. The second-order valence-electron chi connectivity index (χ2n) is 5.65. The molecule has 140 valence electrons. The Morgan fingerprint density at radius 1 is 1.22 bits per heavy atom. The zero-order valence-corrected chi connectivity index (χ0v) is 14.9. The first kappa shape index (κ1) is 18.5. The molecule has 0 amide bonds. The van der Waals surface area contributed by atoms with Gasteiger partial charge in [0.25, 0.3) is 0 Å². The molecule has 1 heterocycles. The Bertz CT molecular complexity index is 1020. The topological polar surface area (TPSA) is 144 Å². The van der Waals surface area contributed by atoms with Crippen molar-refractivity contribution in [2.75, 3.05) is 0 Å². The van der Waals surface area contributed by atoms with Crippen LogP contribution >= 0.6 is 0 Å². The van der Waals surface area contributed by atoms with Crippen LogP contribution in [0.4, 0.5) is 0 Å². The van der Waals surface area contributed by atoms with Crippen molar-refractivity contribution >= 4 is 15.9 Å². The van der Waals surface area contributed by atoms with Gasteiger partial charge in [-0.3, -0.25) is 0 Å². The van der Waals surface area contributed by atoms with Crippen LogP contribution < -0.4 is 10.5 Å². The molecule has 0 unspecified atom stereocenters. The smallest absolute Gasteiger partial charge is 0.241 e. The number of hydrogen-bond acceptors (Lipinski definition) is 7. The van der Waals surface area contributed by atoms with Crippen LogP contribution in [-0.4, -0.2) is 29.7 Å². The molecule has 0 radical (unpaired) electrons. The van der Waals surface area contributed by atoms with Crippen molar-refractivity contribution in [3.05, 3.63) is 78.0 Å². The largest absolute Gasteiger partial charge is 0.426 e. The molecular weight excluding hydrogens is 370 g/mol. The Morgan fingerprint density at radius 2 is 2.00 bits per heavy atom. The van der Waals surface area contributed by atoms with Crippen LogP contribution in [0.15, 0.2) is 75.5 Å². The highest BCUT2D eigenvalue weighted by molar-refractivity contribution is 7.89. The lowest BCUT2D eigenvalue weighted by atomic mass is 10.0. The van der Waals surface area contributed by atoms with E-state index >= 15 is 0 Å². The summed E-state index contributed by atoms with van der Waals surface area (Å²) in [6.45, 7) is 0. The molecule has 10 heteroatoms. The Hall–Kier alpha value is -3.24. The summed E-state index contributed by atoms with van der Waals surface area (Å²) in [6, 6.07) is 14.1. The highest BCUT2D eigenvalue weighted by atomic mass is 32.2. The number of amidine groups is 1. The first-order valence-corrected chi connectivity index (χ1v) is 9.38. The van der Waals surface area contributed by atoms with Crippen molar-refractivity contribution in [2.24, 2.45) is 10.9 Å². The molecule has 1 aromatic heterocycles. The van der Waals surface area contributed by atoms with E-state index in [1.54, 1.807) is 42.5 Å². The molecule has 2 aromatic carbocycles. The third kappa shape index (κ3) is 4.49. The van der Waals surface area contributed by atoms with E-state index in [0.29, 0.717) is 5.56 Å². The van der Waals surface area contributed by atoms with Crippen molar-refractivity contribution in [1.82, 2.24) is 14.9 Å². The lowest BCUT2D eigenvalue weighted by Gasteiger charge is -2.16. The summed E-state index contributed by atoms with van der Waals surface area (Å²) in [5.41, 5.74) is 6.85. The standard InChI is InChI=1S/C17H17N5O4S/c18-16(21-23)13-6-4-5-12(9-13)10-15(17-20-19-11-26-17)22-27(24,25)14-7-2-1-3-8-14/h1-9,11,15,22-23H,10H2,(H2,18,21)/t15-/m0/s1. The molecule has 0 aliphatic rings. The van der Waals surface area contributed by atoms with Gasteiger partial charge in [0.2, 0.25) is 22.3 Å². The van der Waals surface area contributed by atoms with Gasteiger partial charge >= 0.3 is 0 Å². The Balaban J connectivity index is 1.90. The summed E-state index contributed by atoms with van der Waals surface area (Å²) < 4.78 is 33.2. The van der Waals surface area contributed by atoms with Crippen LogP contribution in [0.25, 0.3) is 0 Å². The van der Waals surface area contributed by atoms with Crippen molar-refractivity contribution in [1.29, 1.82) is 0 Å². The maximum atomic E-state index is 12.7. The third-order valence-corrected chi connectivity index (χ3v) is 5.28. The van der Waals surface area contributed by atoms with Crippen LogP contribution in [0.1, 0.15) is 23.1 Å². The maximum absolute atomic E-state index is 12.7. The summed E-state index contributed by atoms with van der Waals surface area (Å²) in [5, 5.41) is 19.3. The number of rotatable bonds is 7. The highest BCUT2D eigenvalue weighted by Crippen LogP contribution is 2.20. The Morgan fingerprint density at radius 3 is 2.67 bits per heavy atom. The van der Waals surface area contributed by atoms with Crippen molar-refractivity contribution in [2.45, 2.75) is 17.4 Å². The van der Waals surface area contributed by atoms with Gasteiger partial charge in [-0.2, -0.15) is 4.72 Å². The number of nitrogens with one attached hydrogen (secondary N) is 1. The molecule has 0 saturated heterocycles. The van der Waals surface area contributed by atoms with Gasteiger partial charge in [-0.15, -0.1) is 10.2 Å². The minimum absolute atomic E-state index is 0.0453. The van der Waals surface area contributed by atoms with Crippen LogP contribution in [0.5, 0.6) is 0 Å². The van der Waals surface area contributed by atoms with Crippen molar-refractivity contribution in [3.63, 3.8) is 0 Å². The zero-order chi connectivity index (χ0) is 19.3. The number of nitrogens with two attached hydrogens (primary N) is 1. The van der Waals surface area contributed by atoms with E-state index in [2.05, 4.69) is 20.1 Å². The van der Waals surface area contributed by atoms with E-state index in [9.17, 15) is 8.42 Å². The predicted molar refractivity (Wildman–Crippen MR) is 96.5 cm³/mol. The van der Waals surface area contributed by atoms with Gasteiger partial charge in [-0.25, -0.2) is 8.42 Å². The summed E-state index contributed by atoms with van der Waals surface area (Å²) in [4.78, 5) is 0.125.